The van der Waals surface area contributed by atoms with E-state index in [0.29, 0.717) is 17.1 Å². The average molecular weight is 253 g/mol. The second-order valence-electron chi connectivity index (χ2n) is 4.13. The molecule has 19 heavy (non-hydrogen) atoms. The first-order valence-corrected chi connectivity index (χ1v) is 5.65. The average Bonchev–Trinajstić information content (AvgIpc) is 2.83. The number of amides is 1. The molecule has 0 aliphatic carbocycles. The first-order chi connectivity index (χ1) is 9.15. The third-order valence-corrected chi connectivity index (χ3v) is 2.79. The molecule has 6 nitrogen and oxygen atoms in total. The standard InChI is InChI=1S/C13H11N5O/c14-9-6-16-18(7-9)13-10(12(15)19)5-8-3-1-2-4-11(8)17-13/h1-7H,14H2,(H2,15,19). The first-order valence-electron chi connectivity index (χ1n) is 5.65. The summed E-state index contributed by atoms with van der Waals surface area (Å²) in [6.07, 6.45) is 3.07. The molecule has 0 saturated heterocycles. The predicted octanol–water partition coefficient (Wildman–Crippen LogP) is 1.10. The van der Waals surface area contributed by atoms with Crippen LogP contribution in [0.1, 0.15) is 10.4 Å². The highest BCUT2D eigenvalue weighted by Crippen LogP contribution is 2.19. The van der Waals surface area contributed by atoms with Crippen LogP contribution in [0.4, 0.5) is 5.69 Å². The molecule has 3 aromatic rings. The zero-order chi connectivity index (χ0) is 13.4. The van der Waals surface area contributed by atoms with Gasteiger partial charge in [-0.1, -0.05) is 18.2 Å². The van der Waals surface area contributed by atoms with Gasteiger partial charge in [0.1, 0.15) is 0 Å². The molecule has 0 spiro atoms. The summed E-state index contributed by atoms with van der Waals surface area (Å²) in [5, 5.41) is 4.90. The number of fused-ring (bicyclic) bond motifs is 1. The molecule has 94 valence electrons. The Morgan fingerprint density at radius 3 is 2.74 bits per heavy atom. The van der Waals surface area contributed by atoms with E-state index >= 15 is 0 Å². The summed E-state index contributed by atoms with van der Waals surface area (Å²) in [5.41, 5.74) is 12.6. The van der Waals surface area contributed by atoms with E-state index < -0.39 is 5.91 Å². The number of hydrogen-bond acceptors (Lipinski definition) is 4. The van der Waals surface area contributed by atoms with E-state index in [-0.39, 0.29) is 0 Å². The van der Waals surface area contributed by atoms with Crippen LogP contribution in [0.5, 0.6) is 0 Å². The highest BCUT2D eigenvalue weighted by molar-refractivity contribution is 5.99. The monoisotopic (exact) mass is 253 g/mol. The van der Waals surface area contributed by atoms with E-state index in [4.69, 9.17) is 11.5 Å². The number of benzene rings is 1. The number of hydrogen-bond donors (Lipinski definition) is 2. The van der Waals surface area contributed by atoms with E-state index in [1.54, 1.807) is 12.3 Å². The quantitative estimate of drug-likeness (QED) is 0.714. The van der Waals surface area contributed by atoms with Crippen molar-refractivity contribution in [1.29, 1.82) is 0 Å². The number of nitrogens with two attached hydrogens (primary N) is 2. The summed E-state index contributed by atoms with van der Waals surface area (Å²) in [4.78, 5) is 16.0. The molecule has 0 bridgehead atoms. The topological polar surface area (TPSA) is 99.8 Å². The maximum Gasteiger partial charge on any atom is 0.252 e. The molecular weight excluding hydrogens is 242 g/mol. The number of anilines is 1. The zero-order valence-electron chi connectivity index (χ0n) is 9.95. The highest BCUT2D eigenvalue weighted by atomic mass is 16.1. The van der Waals surface area contributed by atoms with E-state index in [1.807, 2.05) is 24.3 Å². The molecule has 4 N–H and O–H groups in total. The van der Waals surface area contributed by atoms with Crippen LogP contribution in [-0.4, -0.2) is 20.7 Å². The third-order valence-electron chi connectivity index (χ3n) is 2.79. The van der Waals surface area contributed by atoms with Gasteiger partial charge in [-0.3, -0.25) is 4.79 Å². The summed E-state index contributed by atoms with van der Waals surface area (Å²) >= 11 is 0. The summed E-state index contributed by atoms with van der Waals surface area (Å²) in [6.45, 7) is 0. The van der Waals surface area contributed by atoms with Gasteiger partial charge in [-0.25, -0.2) is 9.67 Å². The summed E-state index contributed by atoms with van der Waals surface area (Å²) in [6, 6.07) is 9.19. The molecule has 0 aliphatic rings. The molecule has 2 aromatic heterocycles. The maximum atomic E-state index is 11.6. The van der Waals surface area contributed by atoms with Gasteiger partial charge in [-0.15, -0.1) is 0 Å². The van der Waals surface area contributed by atoms with Crippen molar-refractivity contribution in [1.82, 2.24) is 14.8 Å². The molecule has 0 saturated carbocycles. The fourth-order valence-corrected chi connectivity index (χ4v) is 1.91. The lowest BCUT2D eigenvalue weighted by Crippen LogP contribution is -2.16. The molecule has 0 radical (unpaired) electrons. The van der Waals surface area contributed by atoms with Gasteiger partial charge < -0.3 is 11.5 Å². The maximum absolute atomic E-state index is 11.6. The van der Waals surface area contributed by atoms with E-state index in [9.17, 15) is 4.79 Å². The fourth-order valence-electron chi connectivity index (χ4n) is 1.91. The molecule has 0 fully saturated rings. The highest BCUT2D eigenvalue weighted by Gasteiger charge is 2.14. The molecule has 6 heteroatoms. The Balaban J connectivity index is 2.32. The van der Waals surface area contributed by atoms with Gasteiger partial charge in [0.15, 0.2) is 5.82 Å². The predicted molar refractivity (Wildman–Crippen MR) is 71.8 cm³/mol. The SMILES string of the molecule is NC(=O)c1cc2ccccc2nc1-n1cc(N)cn1. The van der Waals surface area contributed by atoms with Crippen molar-refractivity contribution < 1.29 is 4.79 Å². The van der Waals surface area contributed by atoms with Crippen LogP contribution in [0, 0.1) is 0 Å². The number of nitrogens with zero attached hydrogens (tertiary/aromatic N) is 3. The lowest BCUT2D eigenvalue weighted by atomic mass is 10.1. The summed E-state index contributed by atoms with van der Waals surface area (Å²) in [5.74, 6) is -0.176. The lowest BCUT2D eigenvalue weighted by Gasteiger charge is -2.07. The zero-order valence-corrected chi connectivity index (χ0v) is 9.95. The van der Waals surface area contributed by atoms with Crippen molar-refractivity contribution in [2.45, 2.75) is 0 Å². The second-order valence-corrected chi connectivity index (χ2v) is 4.13. The lowest BCUT2D eigenvalue weighted by molar-refractivity contribution is 0.1000. The Hall–Kier alpha value is -2.89. The van der Waals surface area contributed by atoms with Crippen molar-refractivity contribution in [3.05, 3.63) is 48.3 Å². The fraction of sp³-hybridized carbons (Fsp3) is 0. The molecular formula is C13H11N5O. The largest absolute Gasteiger partial charge is 0.396 e. The molecule has 0 aliphatic heterocycles. The van der Waals surface area contributed by atoms with Crippen molar-refractivity contribution in [3.63, 3.8) is 0 Å². The number of nitrogen functional groups attached to an aromatic ring is 1. The van der Waals surface area contributed by atoms with Gasteiger partial charge in [-0.05, 0) is 12.1 Å². The summed E-state index contributed by atoms with van der Waals surface area (Å²) in [7, 11) is 0. The minimum absolute atomic E-state index is 0.307. The number of primary amides is 1. The van der Waals surface area contributed by atoms with Crippen LogP contribution in [0.25, 0.3) is 16.7 Å². The van der Waals surface area contributed by atoms with Crippen LogP contribution < -0.4 is 11.5 Å². The Morgan fingerprint density at radius 1 is 1.26 bits per heavy atom. The van der Waals surface area contributed by atoms with Crippen LogP contribution in [0.15, 0.2) is 42.7 Å². The Morgan fingerprint density at radius 2 is 2.05 bits per heavy atom. The molecule has 0 unspecified atom stereocenters. The van der Waals surface area contributed by atoms with Crippen LogP contribution in [0.2, 0.25) is 0 Å². The van der Waals surface area contributed by atoms with Gasteiger partial charge >= 0.3 is 0 Å². The van der Waals surface area contributed by atoms with Crippen molar-refractivity contribution in [2.24, 2.45) is 5.73 Å². The molecule has 3 rings (SSSR count). The van der Waals surface area contributed by atoms with Crippen LogP contribution >= 0.6 is 0 Å². The number of carbonyl (C=O) groups is 1. The minimum atomic E-state index is -0.553. The minimum Gasteiger partial charge on any atom is -0.396 e. The molecule has 0 atom stereocenters. The molecule has 1 amide bonds. The Bertz CT molecular complexity index is 778. The van der Waals surface area contributed by atoms with Crippen LogP contribution in [0.3, 0.4) is 0 Å². The Kier molecular flexibility index (Phi) is 2.42. The number of para-hydroxylation sites is 1. The number of carbonyl (C=O) groups excluding carboxylic acids is 1. The van der Waals surface area contributed by atoms with E-state index in [0.717, 1.165) is 10.9 Å². The van der Waals surface area contributed by atoms with Gasteiger partial charge in [0, 0.05) is 5.39 Å². The van der Waals surface area contributed by atoms with Gasteiger partial charge in [0.2, 0.25) is 0 Å². The third kappa shape index (κ3) is 1.89. The van der Waals surface area contributed by atoms with E-state index in [1.165, 1.54) is 10.9 Å². The van der Waals surface area contributed by atoms with Crippen molar-refractivity contribution in [2.75, 3.05) is 5.73 Å². The van der Waals surface area contributed by atoms with Gasteiger partial charge in [0.25, 0.3) is 5.91 Å². The number of rotatable bonds is 2. The van der Waals surface area contributed by atoms with E-state index in [2.05, 4.69) is 10.1 Å². The van der Waals surface area contributed by atoms with Crippen molar-refractivity contribution in [3.8, 4) is 5.82 Å². The number of aromatic nitrogens is 3. The summed E-state index contributed by atoms with van der Waals surface area (Å²) < 4.78 is 1.45. The first kappa shape index (κ1) is 11.2. The number of pyridine rings is 1. The van der Waals surface area contributed by atoms with Crippen LogP contribution in [-0.2, 0) is 0 Å². The van der Waals surface area contributed by atoms with Gasteiger partial charge in [-0.2, -0.15) is 5.10 Å². The smallest absolute Gasteiger partial charge is 0.252 e. The normalized spacial score (nSPS) is 10.7. The van der Waals surface area contributed by atoms with Gasteiger partial charge in [0.05, 0.1) is 29.2 Å². The molecule has 2 heterocycles. The van der Waals surface area contributed by atoms with Crippen molar-refractivity contribution >= 4 is 22.5 Å². The molecule has 1 aromatic carbocycles. The Labute approximate surface area is 108 Å². The second kappa shape index (κ2) is 4.09.